The Hall–Kier alpha value is -4.05. The van der Waals surface area contributed by atoms with E-state index >= 15 is 0 Å². The maximum absolute atomic E-state index is 12.9. The van der Waals surface area contributed by atoms with Crippen molar-refractivity contribution in [3.05, 3.63) is 109 Å². The number of carbonyl (C=O) groups is 3. The highest BCUT2D eigenvalue weighted by molar-refractivity contribution is 5.70. The number of ether oxygens (including phenoxy) is 4. The number of quaternary nitrogens is 1. The lowest BCUT2D eigenvalue weighted by atomic mass is 10.0. The van der Waals surface area contributed by atoms with Crippen molar-refractivity contribution in [3.63, 3.8) is 0 Å². The smallest absolute Gasteiger partial charge is 0.306 e. The van der Waals surface area contributed by atoms with Crippen LogP contribution in [0.25, 0.3) is 0 Å². The van der Waals surface area contributed by atoms with Gasteiger partial charge in [-0.25, -0.2) is 0 Å². The minimum Gasteiger partial charge on any atom is -0.545 e. The summed E-state index contributed by atoms with van der Waals surface area (Å²) in [7, 11) is 5.93. The summed E-state index contributed by atoms with van der Waals surface area (Å²) in [5.41, 5.74) is 0. The molecule has 2 atom stereocenters. The standard InChI is InChI=1S/C76H131NO8/c1-6-8-10-12-14-16-18-20-22-24-26-28-30-32-33-34-35-36-37-38-39-40-41-43-45-47-49-51-53-55-57-59-61-63-65-67-74(79)85-72(71-84-76(75(80)81)82-69-68-77(3,4)5)70-83-73(78)66-64-62-60-58-56-54-52-50-48-46-44-42-31-29-27-25-23-21-19-17-15-13-11-9-7-2/h8,10,14,16,20,22,25-28,32-33,35-36,38-39,41,43,72,76H,6-7,9,11-13,15,17-19,21,23-24,29-31,34,37,40,42,44-71H2,1-5H3/b10-8-,16-14-,22-20-,27-25-,28-26-,33-32-,36-35-,39-38-,43-41-. The highest BCUT2D eigenvalue weighted by Gasteiger charge is 2.22. The van der Waals surface area contributed by atoms with Crippen molar-refractivity contribution in [2.24, 2.45) is 0 Å². The molecule has 0 aliphatic heterocycles. The van der Waals surface area contributed by atoms with Crippen LogP contribution in [0.15, 0.2) is 109 Å². The first kappa shape index (κ1) is 81.0. The molecule has 0 aromatic rings. The van der Waals surface area contributed by atoms with Crippen LogP contribution in [0.2, 0.25) is 0 Å². The molecule has 0 aromatic heterocycles. The van der Waals surface area contributed by atoms with Crippen molar-refractivity contribution in [2.75, 3.05) is 47.5 Å². The molecule has 0 N–H and O–H groups in total. The molecular weight excluding hydrogens is 1050 g/mol. The second-order valence-corrected chi connectivity index (χ2v) is 24.4. The Kier molecular flexibility index (Phi) is 62.8. The third kappa shape index (κ3) is 67.3. The molecule has 2 unspecified atom stereocenters. The quantitative estimate of drug-likeness (QED) is 0.0195. The van der Waals surface area contributed by atoms with Crippen LogP contribution in [-0.2, 0) is 33.3 Å². The molecule has 0 heterocycles. The van der Waals surface area contributed by atoms with Gasteiger partial charge in [0.25, 0.3) is 0 Å². The molecule has 85 heavy (non-hydrogen) atoms. The number of carbonyl (C=O) groups excluding carboxylic acids is 3. The van der Waals surface area contributed by atoms with Gasteiger partial charge in [-0.1, -0.05) is 290 Å². The zero-order valence-electron chi connectivity index (χ0n) is 55.7. The molecule has 0 aliphatic carbocycles. The van der Waals surface area contributed by atoms with Gasteiger partial charge in [0.05, 0.1) is 40.3 Å². The van der Waals surface area contributed by atoms with E-state index in [1.807, 2.05) is 21.1 Å². The van der Waals surface area contributed by atoms with Gasteiger partial charge in [0.1, 0.15) is 13.2 Å². The lowest BCUT2D eigenvalue weighted by molar-refractivity contribution is -0.870. The van der Waals surface area contributed by atoms with E-state index in [2.05, 4.69) is 123 Å². The van der Waals surface area contributed by atoms with E-state index in [0.717, 1.165) is 96.3 Å². The Morgan fingerprint density at radius 1 is 0.365 bits per heavy atom. The summed E-state index contributed by atoms with van der Waals surface area (Å²) in [5.74, 6) is -2.28. The fourth-order valence-corrected chi connectivity index (χ4v) is 9.67. The second-order valence-electron chi connectivity index (χ2n) is 24.4. The van der Waals surface area contributed by atoms with Gasteiger partial charge in [-0.3, -0.25) is 9.59 Å². The van der Waals surface area contributed by atoms with E-state index in [-0.39, 0.29) is 38.6 Å². The Morgan fingerprint density at radius 3 is 1.01 bits per heavy atom. The first-order valence-corrected chi connectivity index (χ1v) is 35.0. The van der Waals surface area contributed by atoms with Crippen LogP contribution in [0.5, 0.6) is 0 Å². The Morgan fingerprint density at radius 2 is 0.671 bits per heavy atom. The number of hydrogen-bond acceptors (Lipinski definition) is 8. The molecule has 0 rings (SSSR count). The number of unbranched alkanes of at least 4 members (excludes halogenated alkanes) is 31. The number of hydrogen-bond donors (Lipinski definition) is 0. The topological polar surface area (TPSA) is 111 Å². The van der Waals surface area contributed by atoms with Crippen molar-refractivity contribution in [1.29, 1.82) is 0 Å². The average Bonchev–Trinajstić information content (AvgIpc) is 3.48. The number of nitrogens with zero attached hydrogens (tertiary/aromatic N) is 1. The van der Waals surface area contributed by atoms with Crippen molar-refractivity contribution in [3.8, 4) is 0 Å². The predicted molar refractivity (Wildman–Crippen MR) is 361 cm³/mol. The fourth-order valence-electron chi connectivity index (χ4n) is 9.67. The van der Waals surface area contributed by atoms with Crippen molar-refractivity contribution in [1.82, 2.24) is 0 Å². The fraction of sp³-hybridized carbons (Fsp3) is 0.724. The molecule has 0 bridgehead atoms. The van der Waals surface area contributed by atoms with Crippen LogP contribution in [0.4, 0.5) is 0 Å². The van der Waals surface area contributed by atoms with Crippen LogP contribution in [0.1, 0.15) is 296 Å². The van der Waals surface area contributed by atoms with E-state index in [9.17, 15) is 19.5 Å². The number of likely N-dealkylation sites (N-methyl/N-ethyl adjacent to an activating group) is 1. The van der Waals surface area contributed by atoms with E-state index in [1.54, 1.807) is 0 Å². The molecule has 0 aromatic carbocycles. The molecular formula is C76H131NO8. The summed E-state index contributed by atoms with van der Waals surface area (Å²) in [6.07, 6.45) is 88.8. The van der Waals surface area contributed by atoms with E-state index < -0.39 is 24.3 Å². The van der Waals surface area contributed by atoms with Crippen LogP contribution in [0, 0.1) is 0 Å². The molecule has 0 aliphatic rings. The van der Waals surface area contributed by atoms with Crippen molar-refractivity contribution >= 4 is 17.9 Å². The summed E-state index contributed by atoms with van der Waals surface area (Å²) in [6.45, 7) is 4.65. The third-order valence-corrected chi connectivity index (χ3v) is 15.0. The summed E-state index contributed by atoms with van der Waals surface area (Å²) >= 11 is 0. The summed E-state index contributed by atoms with van der Waals surface area (Å²) in [5, 5.41) is 11.8. The number of esters is 2. The van der Waals surface area contributed by atoms with Crippen LogP contribution >= 0.6 is 0 Å². The second kappa shape index (κ2) is 65.9. The largest absolute Gasteiger partial charge is 0.545 e. The average molecular weight is 1190 g/mol. The molecule has 0 saturated carbocycles. The SMILES string of the molecule is CC/C=C\C/C=C\C/C=C\C/C=C\C/C=C\C/C=C\C/C=C\C/C=C\CCCCCCCCCCCCC(=O)OC(COC(=O)CCCCCCCCCCCCCCC/C=C\CCCCCCCCCC)COC(OCC[N+](C)(C)C)C(=O)[O-]. The lowest BCUT2D eigenvalue weighted by Crippen LogP contribution is -2.44. The molecule has 0 fully saturated rings. The summed E-state index contributed by atoms with van der Waals surface area (Å²) in [4.78, 5) is 37.5. The van der Waals surface area contributed by atoms with Gasteiger partial charge >= 0.3 is 11.9 Å². The van der Waals surface area contributed by atoms with Crippen molar-refractivity contribution in [2.45, 2.75) is 309 Å². The minimum atomic E-state index is -1.63. The maximum atomic E-state index is 12.9. The minimum absolute atomic E-state index is 0.143. The molecule has 0 saturated heterocycles. The molecule has 0 amide bonds. The van der Waals surface area contributed by atoms with Gasteiger partial charge in [-0.2, -0.15) is 0 Å². The Labute approximate surface area is 524 Å². The Balaban J connectivity index is 4.16. The monoisotopic (exact) mass is 1190 g/mol. The Bertz CT molecular complexity index is 1760. The highest BCUT2D eigenvalue weighted by Crippen LogP contribution is 2.17. The normalized spacial score (nSPS) is 13.4. The van der Waals surface area contributed by atoms with Crippen LogP contribution in [-0.4, -0.2) is 82.3 Å². The number of aliphatic carboxylic acids is 1. The molecule has 0 spiro atoms. The van der Waals surface area contributed by atoms with Gasteiger partial charge in [-0.05, 0) is 103 Å². The first-order valence-electron chi connectivity index (χ1n) is 35.0. The van der Waals surface area contributed by atoms with Gasteiger partial charge in [-0.15, -0.1) is 0 Å². The van der Waals surface area contributed by atoms with E-state index in [4.69, 9.17) is 18.9 Å². The van der Waals surface area contributed by atoms with Crippen LogP contribution < -0.4 is 5.11 Å². The summed E-state index contributed by atoms with van der Waals surface area (Å²) < 4.78 is 22.8. The van der Waals surface area contributed by atoms with Gasteiger partial charge in [0, 0.05) is 12.8 Å². The van der Waals surface area contributed by atoms with Gasteiger partial charge in [0.2, 0.25) is 0 Å². The zero-order chi connectivity index (χ0) is 61.9. The molecule has 9 nitrogen and oxygen atoms in total. The van der Waals surface area contributed by atoms with Gasteiger partial charge in [0.15, 0.2) is 12.4 Å². The number of rotatable bonds is 64. The van der Waals surface area contributed by atoms with Gasteiger partial charge < -0.3 is 33.3 Å². The number of allylic oxidation sites excluding steroid dienone is 18. The van der Waals surface area contributed by atoms with Crippen LogP contribution in [0.3, 0.4) is 0 Å². The molecule has 9 heteroatoms. The number of carboxylic acids is 1. The summed E-state index contributed by atoms with van der Waals surface area (Å²) in [6, 6.07) is 0. The maximum Gasteiger partial charge on any atom is 0.306 e. The molecule has 488 valence electrons. The molecule has 0 radical (unpaired) electrons. The number of carboxylic acid groups (broad SMARTS) is 1. The first-order chi connectivity index (χ1) is 41.6. The van der Waals surface area contributed by atoms with E-state index in [0.29, 0.717) is 17.4 Å². The third-order valence-electron chi connectivity index (χ3n) is 15.0. The predicted octanol–water partition coefficient (Wildman–Crippen LogP) is 20.5. The van der Waals surface area contributed by atoms with Crippen molar-refractivity contribution < 1.29 is 42.9 Å². The van der Waals surface area contributed by atoms with E-state index in [1.165, 1.54) is 167 Å². The zero-order valence-corrected chi connectivity index (χ0v) is 55.7. The highest BCUT2D eigenvalue weighted by atomic mass is 16.7. The lowest BCUT2D eigenvalue weighted by Gasteiger charge is -2.26.